The Bertz CT molecular complexity index is 1300. The summed E-state index contributed by atoms with van der Waals surface area (Å²) in [5, 5.41) is 10.8. The second-order valence-electron chi connectivity index (χ2n) is 8.66. The van der Waals surface area contributed by atoms with Crippen LogP contribution in [0.15, 0.2) is 82.2 Å². The Morgan fingerprint density at radius 3 is 2.44 bits per heavy atom. The summed E-state index contributed by atoms with van der Waals surface area (Å²) in [7, 11) is 1.96. The first-order valence-corrected chi connectivity index (χ1v) is 11.2. The van der Waals surface area contributed by atoms with Gasteiger partial charge in [0.25, 0.3) is 0 Å². The lowest BCUT2D eigenvalue weighted by Gasteiger charge is -2.21. The molecule has 0 bridgehead atoms. The highest BCUT2D eigenvalue weighted by Crippen LogP contribution is 2.25. The molecule has 1 N–H and O–H groups in total. The summed E-state index contributed by atoms with van der Waals surface area (Å²) in [6.45, 7) is 5.29. The van der Waals surface area contributed by atoms with Crippen molar-refractivity contribution in [3.8, 4) is 17.2 Å². The molecule has 176 valence electrons. The minimum absolute atomic E-state index is 0.128. The Kier molecular flexibility index (Phi) is 7.30. The number of hydrogen-bond donors (Lipinski definition) is 1. The van der Waals surface area contributed by atoms with Gasteiger partial charge in [-0.1, -0.05) is 36.4 Å². The lowest BCUT2D eigenvalue weighted by molar-refractivity contribution is 0.0744. The highest BCUT2D eigenvalue weighted by molar-refractivity contribution is 5.79. The van der Waals surface area contributed by atoms with Gasteiger partial charge in [0.05, 0.1) is 5.39 Å². The van der Waals surface area contributed by atoms with E-state index in [1.807, 2.05) is 62.2 Å². The van der Waals surface area contributed by atoms with Gasteiger partial charge in [-0.3, -0.25) is 9.69 Å². The highest BCUT2D eigenvalue weighted by Gasteiger charge is 2.13. The number of fused-ring (bicyclic) bond motifs is 1. The molecule has 0 saturated heterocycles. The topological polar surface area (TPSA) is 72.1 Å². The Morgan fingerprint density at radius 2 is 1.71 bits per heavy atom. The van der Waals surface area contributed by atoms with Gasteiger partial charge in [-0.05, 0) is 61.9 Å². The Hall–Kier alpha value is -3.61. The van der Waals surface area contributed by atoms with Crippen LogP contribution >= 0.6 is 0 Å². The van der Waals surface area contributed by atoms with Crippen molar-refractivity contribution in [1.82, 2.24) is 4.90 Å². The van der Waals surface area contributed by atoms with E-state index in [1.165, 1.54) is 11.8 Å². The Morgan fingerprint density at radius 1 is 0.971 bits per heavy atom. The van der Waals surface area contributed by atoms with Crippen molar-refractivity contribution in [2.24, 2.45) is 0 Å². The molecule has 3 aromatic carbocycles. The zero-order chi connectivity index (χ0) is 24.1. The van der Waals surface area contributed by atoms with E-state index in [-0.39, 0.29) is 17.8 Å². The van der Waals surface area contributed by atoms with Gasteiger partial charge in [0.1, 0.15) is 36.1 Å². The third kappa shape index (κ3) is 6.04. The molecule has 1 heterocycles. The molecule has 0 aliphatic carbocycles. The van der Waals surface area contributed by atoms with E-state index >= 15 is 0 Å². The molecule has 1 aromatic heterocycles. The SMILES string of the molecule is Cc1cc(C)cc(Oc2coc3cc(OCC(O)CN(C)Cc4ccccc4)ccc3c2=O)c1. The number of aliphatic hydroxyl groups excluding tert-OH is 1. The van der Waals surface area contributed by atoms with E-state index in [2.05, 4.69) is 12.1 Å². The van der Waals surface area contributed by atoms with Crippen LogP contribution in [0.3, 0.4) is 0 Å². The molecule has 4 aromatic rings. The van der Waals surface area contributed by atoms with E-state index in [0.29, 0.717) is 29.0 Å². The Labute approximate surface area is 199 Å². The van der Waals surface area contributed by atoms with Crippen molar-refractivity contribution in [3.63, 3.8) is 0 Å². The summed E-state index contributed by atoms with van der Waals surface area (Å²) < 4.78 is 17.2. The maximum Gasteiger partial charge on any atom is 0.235 e. The number of ether oxygens (including phenoxy) is 2. The van der Waals surface area contributed by atoms with Gasteiger partial charge >= 0.3 is 0 Å². The summed E-state index contributed by atoms with van der Waals surface area (Å²) in [6.07, 6.45) is 0.657. The first kappa shape index (κ1) is 23.5. The molecule has 0 aliphatic heterocycles. The van der Waals surface area contributed by atoms with Gasteiger partial charge in [-0.2, -0.15) is 0 Å². The lowest BCUT2D eigenvalue weighted by atomic mass is 10.1. The van der Waals surface area contributed by atoms with Crippen LogP contribution in [0.4, 0.5) is 0 Å². The number of hydrogen-bond acceptors (Lipinski definition) is 6. The summed E-state index contributed by atoms with van der Waals surface area (Å²) in [5.41, 5.74) is 3.43. The van der Waals surface area contributed by atoms with Crippen LogP contribution < -0.4 is 14.9 Å². The largest absolute Gasteiger partial charge is 0.491 e. The van der Waals surface area contributed by atoms with Crippen LogP contribution in [-0.4, -0.2) is 36.3 Å². The quantitative estimate of drug-likeness (QED) is 0.377. The fraction of sp³-hybridized carbons (Fsp3) is 0.250. The van der Waals surface area contributed by atoms with Gasteiger partial charge in [0.15, 0.2) is 0 Å². The van der Waals surface area contributed by atoms with Crippen molar-refractivity contribution in [3.05, 3.63) is 99.9 Å². The molecular weight excluding hydrogens is 430 g/mol. The predicted octanol–water partition coefficient (Wildman–Crippen LogP) is 5.07. The molecule has 0 aliphatic rings. The first-order valence-electron chi connectivity index (χ1n) is 11.2. The summed E-state index contributed by atoms with van der Waals surface area (Å²) in [5.74, 6) is 1.24. The molecular formula is C28H29NO5. The normalized spacial score (nSPS) is 12.1. The third-order valence-corrected chi connectivity index (χ3v) is 5.40. The van der Waals surface area contributed by atoms with Crippen molar-refractivity contribution < 1.29 is 19.0 Å². The van der Waals surface area contributed by atoms with Crippen molar-refractivity contribution in [2.45, 2.75) is 26.5 Å². The molecule has 0 radical (unpaired) electrons. The van der Waals surface area contributed by atoms with Crippen molar-refractivity contribution in [2.75, 3.05) is 20.2 Å². The van der Waals surface area contributed by atoms with E-state index in [0.717, 1.165) is 17.7 Å². The van der Waals surface area contributed by atoms with E-state index in [1.54, 1.807) is 18.2 Å². The minimum Gasteiger partial charge on any atom is -0.491 e. The van der Waals surface area contributed by atoms with Crippen molar-refractivity contribution in [1.29, 1.82) is 0 Å². The number of nitrogens with zero attached hydrogens (tertiary/aromatic N) is 1. The zero-order valence-corrected chi connectivity index (χ0v) is 19.7. The molecule has 1 unspecified atom stereocenters. The van der Waals surface area contributed by atoms with Crippen LogP contribution in [0.5, 0.6) is 17.2 Å². The zero-order valence-electron chi connectivity index (χ0n) is 19.7. The fourth-order valence-electron chi connectivity index (χ4n) is 3.93. The highest BCUT2D eigenvalue weighted by atomic mass is 16.5. The van der Waals surface area contributed by atoms with Gasteiger partial charge in [0, 0.05) is 19.2 Å². The van der Waals surface area contributed by atoms with Crippen LogP contribution in [-0.2, 0) is 6.54 Å². The average Bonchev–Trinajstić information content (AvgIpc) is 2.79. The molecule has 4 rings (SSSR count). The minimum atomic E-state index is -0.662. The first-order chi connectivity index (χ1) is 16.4. The number of rotatable bonds is 9. The van der Waals surface area contributed by atoms with Gasteiger partial charge in [-0.15, -0.1) is 0 Å². The van der Waals surface area contributed by atoms with E-state index in [4.69, 9.17) is 13.9 Å². The molecule has 0 amide bonds. The summed E-state index contributed by atoms with van der Waals surface area (Å²) >= 11 is 0. The summed E-state index contributed by atoms with van der Waals surface area (Å²) in [4.78, 5) is 14.9. The second-order valence-corrected chi connectivity index (χ2v) is 8.66. The molecule has 0 spiro atoms. The summed E-state index contributed by atoms with van der Waals surface area (Å²) in [6, 6.07) is 20.9. The standard InChI is InChI=1S/C28H29NO5/c1-19-11-20(2)13-24(12-19)34-27-18-33-26-14-23(9-10-25(26)28(27)31)32-17-22(30)16-29(3)15-21-7-5-4-6-8-21/h4-14,18,22,30H,15-17H2,1-3H3. The number of aryl methyl sites for hydroxylation is 2. The molecule has 34 heavy (non-hydrogen) atoms. The number of aliphatic hydroxyl groups is 1. The van der Waals surface area contributed by atoms with Crippen LogP contribution in [0.25, 0.3) is 11.0 Å². The number of benzene rings is 3. The van der Waals surface area contributed by atoms with E-state index in [9.17, 15) is 9.90 Å². The van der Waals surface area contributed by atoms with Crippen LogP contribution in [0.2, 0.25) is 0 Å². The second kappa shape index (κ2) is 10.5. The number of likely N-dealkylation sites (N-methyl/N-ethyl adjacent to an activating group) is 1. The third-order valence-electron chi connectivity index (χ3n) is 5.40. The van der Waals surface area contributed by atoms with Crippen LogP contribution in [0.1, 0.15) is 16.7 Å². The maximum atomic E-state index is 12.9. The molecule has 0 saturated carbocycles. The monoisotopic (exact) mass is 459 g/mol. The van der Waals surface area contributed by atoms with Crippen LogP contribution in [0, 0.1) is 13.8 Å². The molecule has 1 atom stereocenters. The molecule has 6 heteroatoms. The van der Waals surface area contributed by atoms with E-state index < -0.39 is 6.10 Å². The smallest absolute Gasteiger partial charge is 0.235 e. The lowest BCUT2D eigenvalue weighted by Crippen LogP contribution is -2.32. The Balaban J connectivity index is 1.38. The van der Waals surface area contributed by atoms with Gasteiger partial charge in [0.2, 0.25) is 11.2 Å². The van der Waals surface area contributed by atoms with Crippen molar-refractivity contribution >= 4 is 11.0 Å². The predicted molar refractivity (Wildman–Crippen MR) is 133 cm³/mol. The average molecular weight is 460 g/mol. The maximum absolute atomic E-state index is 12.9. The van der Waals surface area contributed by atoms with Gasteiger partial charge in [-0.25, -0.2) is 0 Å². The molecule has 6 nitrogen and oxygen atoms in total. The van der Waals surface area contributed by atoms with Gasteiger partial charge < -0.3 is 19.0 Å². The molecule has 0 fully saturated rings. The fourth-order valence-corrected chi connectivity index (χ4v) is 3.93.